The van der Waals surface area contributed by atoms with Crippen LogP contribution < -0.4 is 11.1 Å². The van der Waals surface area contributed by atoms with Crippen LogP contribution in [0.5, 0.6) is 0 Å². The van der Waals surface area contributed by atoms with E-state index in [0.29, 0.717) is 28.9 Å². The number of hydrogen-bond donors (Lipinski definition) is 3. The third-order valence-corrected chi connectivity index (χ3v) is 3.94. The summed E-state index contributed by atoms with van der Waals surface area (Å²) in [6.45, 7) is 0.499. The first kappa shape index (κ1) is 16.8. The highest BCUT2D eigenvalue weighted by molar-refractivity contribution is 6.30. The van der Waals surface area contributed by atoms with Crippen LogP contribution in [0.3, 0.4) is 0 Å². The van der Waals surface area contributed by atoms with Gasteiger partial charge in [0.2, 0.25) is 0 Å². The topological polar surface area (TPSA) is 83.8 Å². The van der Waals surface area contributed by atoms with E-state index in [-0.39, 0.29) is 24.4 Å². The van der Waals surface area contributed by atoms with Gasteiger partial charge in [-0.1, -0.05) is 23.7 Å². The van der Waals surface area contributed by atoms with Crippen LogP contribution in [0, 0.1) is 5.92 Å². The van der Waals surface area contributed by atoms with Crippen molar-refractivity contribution in [2.24, 2.45) is 11.7 Å². The van der Waals surface area contributed by atoms with Gasteiger partial charge in [-0.2, -0.15) is 5.10 Å². The Hall–Kier alpha value is -1.56. The molecule has 7 heteroatoms. The monoisotopic (exact) mass is 340 g/mol. The third kappa shape index (κ3) is 4.00. The average molecular weight is 341 g/mol. The summed E-state index contributed by atoms with van der Waals surface area (Å²) in [5.74, 6) is 0.385. The number of carbonyl (C=O) groups is 1. The van der Waals surface area contributed by atoms with Crippen molar-refractivity contribution in [3.05, 3.63) is 41.0 Å². The Bertz CT molecular complexity index is 637. The molecule has 0 bridgehead atoms. The predicted octanol–water partition coefficient (Wildman–Crippen LogP) is 2.62. The molecule has 5 nitrogen and oxygen atoms in total. The minimum absolute atomic E-state index is 0. The number of rotatable bonds is 5. The first-order valence-corrected chi connectivity index (χ1v) is 7.36. The molecule has 2 aromatic rings. The molecule has 1 heterocycles. The SMILES string of the molecule is Cl.NC(CNC(=O)c1cc(-c2ccc(Cl)cc2)n[nH]1)C1CC1. The number of aromatic amines is 1. The Morgan fingerprint density at radius 1 is 1.41 bits per heavy atom. The zero-order chi connectivity index (χ0) is 14.8. The molecule has 3 rings (SSSR count). The number of hydrogen-bond acceptors (Lipinski definition) is 3. The lowest BCUT2D eigenvalue weighted by Crippen LogP contribution is -2.38. The quantitative estimate of drug-likeness (QED) is 0.782. The fourth-order valence-electron chi connectivity index (χ4n) is 2.20. The molecule has 0 aliphatic heterocycles. The van der Waals surface area contributed by atoms with E-state index in [9.17, 15) is 4.79 Å². The van der Waals surface area contributed by atoms with Gasteiger partial charge in [0.25, 0.3) is 5.91 Å². The molecule has 1 aromatic heterocycles. The maximum absolute atomic E-state index is 12.0. The van der Waals surface area contributed by atoms with Gasteiger partial charge < -0.3 is 11.1 Å². The summed E-state index contributed by atoms with van der Waals surface area (Å²) in [7, 11) is 0. The smallest absolute Gasteiger partial charge is 0.269 e. The van der Waals surface area contributed by atoms with Crippen molar-refractivity contribution >= 4 is 29.9 Å². The van der Waals surface area contributed by atoms with E-state index < -0.39 is 0 Å². The van der Waals surface area contributed by atoms with E-state index >= 15 is 0 Å². The summed E-state index contributed by atoms with van der Waals surface area (Å²) < 4.78 is 0. The fraction of sp³-hybridized carbons (Fsp3) is 0.333. The Labute approximate surface area is 140 Å². The van der Waals surface area contributed by atoms with Gasteiger partial charge in [-0.25, -0.2) is 0 Å². The molecule has 0 saturated heterocycles. The summed E-state index contributed by atoms with van der Waals surface area (Å²) in [5, 5.41) is 10.4. The minimum atomic E-state index is -0.182. The van der Waals surface area contributed by atoms with Crippen LogP contribution in [0.4, 0.5) is 0 Å². The van der Waals surface area contributed by atoms with E-state index in [4.69, 9.17) is 17.3 Å². The second-order valence-corrected chi connectivity index (χ2v) is 5.82. The van der Waals surface area contributed by atoms with E-state index in [1.54, 1.807) is 18.2 Å². The molecule has 1 unspecified atom stereocenters. The highest BCUT2D eigenvalue weighted by Gasteiger charge is 2.28. The largest absolute Gasteiger partial charge is 0.349 e. The number of nitrogens with one attached hydrogen (secondary N) is 2. The van der Waals surface area contributed by atoms with Gasteiger partial charge in [-0.05, 0) is 37.0 Å². The number of carbonyl (C=O) groups excluding carboxylic acids is 1. The van der Waals surface area contributed by atoms with Crippen LogP contribution in [0.25, 0.3) is 11.3 Å². The van der Waals surface area contributed by atoms with Crippen LogP contribution in [0.1, 0.15) is 23.3 Å². The molecule has 1 atom stereocenters. The fourth-order valence-corrected chi connectivity index (χ4v) is 2.33. The molecule has 1 amide bonds. The van der Waals surface area contributed by atoms with Crippen molar-refractivity contribution in [2.45, 2.75) is 18.9 Å². The van der Waals surface area contributed by atoms with Crippen LogP contribution in [0.2, 0.25) is 5.02 Å². The van der Waals surface area contributed by atoms with Crippen LogP contribution >= 0.6 is 24.0 Å². The highest BCUT2D eigenvalue weighted by atomic mass is 35.5. The molecule has 1 fully saturated rings. The third-order valence-electron chi connectivity index (χ3n) is 3.69. The van der Waals surface area contributed by atoms with E-state index in [0.717, 1.165) is 5.56 Å². The Balaban J connectivity index is 0.00000176. The molecule has 1 aliphatic carbocycles. The number of nitrogens with two attached hydrogens (primary N) is 1. The predicted molar refractivity (Wildman–Crippen MR) is 89.3 cm³/mol. The first-order chi connectivity index (χ1) is 10.1. The van der Waals surface area contributed by atoms with Crippen LogP contribution in [0.15, 0.2) is 30.3 Å². The molecule has 22 heavy (non-hydrogen) atoms. The maximum Gasteiger partial charge on any atom is 0.269 e. The van der Waals surface area contributed by atoms with Gasteiger partial charge in [0, 0.05) is 23.2 Å². The van der Waals surface area contributed by atoms with E-state index in [2.05, 4.69) is 15.5 Å². The second kappa shape index (κ2) is 7.13. The van der Waals surface area contributed by atoms with Crippen molar-refractivity contribution in [3.63, 3.8) is 0 Å². The number of benzene rings is 1. The second-order valence-electron chi connectivity index (χ2n) is 5.39. The summed E-state index contributed by atoms with van der Waals surface area (Å²) in [6, 6.07) is 9.08. The lowest BCUT2D eigenvalue weighted by atomic mass is 10.1. The number of amides is 1. The van der Waals surface area contributed by atoms with Gasteiger partial charge in [-0.3, -0.25) is 9.89 Å². The van der Waals surface area contributed by atoms with Gasteiger partial charge in [0.05, 0.1) is 5.69 Å². The minimum Gasteiger partial charge on any atom is -0.349 e. The average Bonchev–Trinajstić information content (AvgIpc) is 3.23. The molecular weight excluding hydrogens is 323 g/mol. The zero-order valence-corrected chi connectivity index (χ0v) is 13.5. The van der Waals surface area contributed by atoms with Gasteiger partial charge >= 0.3 is 0 Å². The Morgan fingerprint density at radius 3 is 2.73 bits per heavy atom. The van der Waals surface area contributed by atoms with Crippen LogP contribution in [-0.4, -0.2) is 28.7 Å². The molecule has 0 spiro atoms. The molecular formula is C15H18Cl2N4O. The van der Waals surface area contributed by atoms with E-state index in [1.165, 1.54) is 12.8 Å². The lowest BCUT2D eigenvalue weighted by Gasteiger charge is -2.10. The van der Waals surface area contributed by atoms with Gasteiger partial charge in [0.15, 0.2) is 0 Å². The normalized spacial score (nSPS) is 15.0. The number of halogens is 2. The standard InChI is InChI=1S/C15H17ClN4O.ClH/c16-11-5-3-10(4-6-11)13-7-14(20-19-13)15(21)18-8-12(17)9-1-2-9;/h3-7,9,12H,1-2,8,17H2,(H,18,21)(H,19,20);1H. The molecule has 1 saturated carbocycles. The Kier molecular flexibility index (Phi) is 5.45. The number of H-pyrrole nitrogens is 1. The summed E-state index contributed by atoms with van der Waals surface area (Å²) in [6.07, 6.45) is 2.34. The summed E-state index contributed by atoms with van der Waals surface area (Å²) in [5.41, 5.74) is 8.01. The summed E-state index contributed by atoms with van der Waals surface area (Å²) >= 11 is 5.85. The molecule has 118 valence electrons. The summed E-state index contributed by atoms with van der Waals surface area (Å²) in [4.78, 5) is 12.0. The lowest BCUT2D eigenvalue weighted by molar-refractivity contribution is 0.0945. The molecule has 0 radical (unpaired) electrons. The Morgan fingerprint density at radius 2 is 2.09 bits per heavy atom. The number of nitrogens with zero attached hydrogens (tertiary/aromatic N) is 1. The van der Waals surface area contributed by atoms with Crippen molar-refractivity contribution in [3.8, 4) is 11.3 Å². The molecule has 4 N–H and O–H groups in total. The molecule has 1 aliphatic rings. The zero-order valence-electron chi connectivity index (χ0n) is 11.9. The van der Waals surface area contributed by atoms with E-state index in [1.807, 2.05) is 12.1 Å². The maximum atomic E-state index is 12.0. The molecule has 1 aromatic carbocycles. The first-order valence-electron chi connectivity index (χ1n) is 6.98. The highest BCUT2D eigenvalue weighted by Crippen LogP contribution is 2.31. The van der Waals surface area contributed by atoms with Gasteiger partial charge in [0.1, 0.15) is 5.69 Å². The van der Waals surface area contributed by atoms with Crippen molar-refractivity contribution in [1.29, 1.82) is 0 Å². The number of aromatic nitrogens is 2. The van der Waals surface area contributed by atoms with Crippen molar-refractivity contribution < 1.29 is 4.79 Å². The van der Waals surface area contributed by atoms with Crippen molar-refractivity contribution in [2.75, 3.05) is 6.54 Å². The van der Waals surface area contributed by atoms with Crippen molar-refractivity contribution in [1.82, 2.24) is 15.5 Å². The van der Waals surface area contributed by atoms with Crippen LogP contribution in [-0.2, 0) is 0 Å². The van der Waals surface area contributed by atoms with Gasteiger partial charge in [-0.15, -0.1) is 12.4 Å².